The van der Waals surface area contributed by atoms with Crippen LogP contribution in [0.1, 0.15) is 45.6 Å². The van der Waals surface area contributed by atoms with Gasteiger partial charge in [0.25, 0.3) is 0 Å². The van der Waals surface area contributed by atoms with Crippen molar-refractivity contribution < 1.29 is 4.39 Å². The van der Waals surface area contributed by atoms with E-state index >= 15 is 0 Å². The number of hydrogen-bond donors (Lipinski definition) is 2. The molecule has 0 amide bonds. The highest BCUT2D eigenvalue weighted by molar-refractivity contribution is 7.80. The summed E-state index contributed by atoms with van der Waals surface area (Å²) < 4.78 is 14.0. The van der Waals surface area contributed by atoms with Gasteiger partial charge in [0.05, 0.1) is 0 Å². The van der Waals surface area contributed by atoms with Crippen molar-refractivity contribution >= 4 is 22.9 Å². The van der Waals surface area contributed by atoms with Crippen LogP contribution in [0.4, 0.5) is 10.1 Å². The number of hydrogen-bond acceptors (Lipinski definition) is 2. The molecule has 2 fully saturated rings. The summed E-state index contributed by atoms with van der Waals surface area (Å²) in [6.45, 7) is 7.03. The third-order valence-electron chi connectivity index (χ3n) is 5.82. The summed E-state index contributed by atoms with van der Waals surface area (Å²) in [6, 6.07) is 5.43. The summed E-state index contributed by atoms with van der Waals surface area (Å²) in [4.78, 5) is 0.103. The maximum Gasteiger partial charge on any atom is 0.135 e. The molecule has 2 bridgehead atoms. The molecule has 1 aromatic rings. The number of nitrogens with two attached hydrogens (primary N) is 1. The van der Waals surface area contributed by atoms with Gasteiger partial charge in [0.1, 0.15) is 10.8 Å². The molecule has 114 valence electrons. The van der Waals surface area contributed by atoms with Crippen molar-refractivity contribution in [3.8, 4) is 0 Å². The predicted molar refractivity (Wildman–Crippen MR) is 88.9 cm³/mol. The van der Waals surface area contributed by atoms with Crippen molar-refractivity contribution in [3.63, 3.8) is 0 Å². The van der Waals surface area contributed by atoms with Crippen molar-refractivity contribution in [2.24, 2.45) is 22.5 Å². The average molecular weight is 306 g/mol. The lowest BCUT2D eigenvalue weighted by molar-refractivity contribution is 0.155. The van der Waals surface area contributed by atoms with E-state index in [0.717, 1.165) is 11.6 Å². The van der Waals surface area contributed by atoms with Gasteiger partial charge in [-0.15, -0.1) is 0 Å². The molecule has 3 unspecified atom stereocenters. The summed E-state index contributed by atoms with van der Waals surface area (Å²) in [7, 11) is 0. The number of anilines is 1. The molecule has 3 rings (SSSR count). The van der Waals surface area contributed by atoms with E-state index in [4.69, 9.17) is 18.0 Å². The highest BCUT2D eigenvalue weighted by Crippen LogP contribution is 2.63. The van der Waals surface area contributed by atoms with Gasteiger partial charge in [-0.25, -0.2) is 4.39 Å². The molecule has 4 heteroatoms. The molecule has 2 aliphatic rings. The first kappa shape index (κ1) is 14.8. The van der Waals surface area contributed by atoms with Gasteiger partial charge in [-0.1, -0.05) is 33.0 Å². The van der Waals surface area contributed by atoms with Crippen LogP contribution in [-0.2, 0) is 0 Å². The van der Waals surface area contributed by atoms with Crippen LogP contribution < -0.4 is 11.1 Å². The monoisotopic (exact) mass is 306 g/mol. The lowest BCUT2D eigenvalue weighted by Gasteiger charge is -2.43. The van der Waals surface area contributed by atoms with Gasteiger partial charge in [-0.05, 0) is 54.2 Å². The lowest BCUT2D eigenvalue weighted by Crippen LogP contribution is -2.45. The van der Waals surface area contributed by atoms with Crippen LogP contribution in [0.5, 0.6) is 0 Å². The summed E-state index contributed by atoms with van der Waals surface area (Å²) in [6.07, 6.45) is 3.84. The molecule has 2 aliphatic carbocycles. The molecule has 1 aromatic carbocycles. The molecular weight excluding hydrogens is 283 g/mol. The van der Waals surface area contributed by atoms with Gasteiger partial charge in [-0.2, -0.15) is 0 Å². The Bertz CT molecular complexity index is 594. The first-order chi connectivity index (χ1) is 9.74. The van der Waals surface area contributed by atoms with Crippen LogP contribution in [-0.4, -0.2) is 11.0 Å². The minimum atomic E-state index is -0.349. The third kappa shape index (κ3) is 2.24. The van der Waals surface area contributed by atoms with Gasteiger partial charge in [0.2, 0.25) is 0 Å². The van der Waals surface area contributed by atoms with Gasteiger partial charge in [0, 0.05) is 17.3 Å². The fraction of sp³-hybridized carbons (Fsp3) is 0.588. The fourth-order valence-corrected chi connectivity index (χ4v) is 4.80. The Morgan fingerprint density at radius 3 is 2.62 bits per heavy atom. The van der Waals surface area contributed by atoms with Gasteiger partial charge in [-0.3, -0.25) is 0 Å². The average Bonchev–Trinajstić information content (AvgIpc) is 2.85. The van der Waals surface area contributed by atoms with E-state index in [-0.39, 0.29) is 16.2 Å². The first-order valence-corrected chi connectivity index (χ1v) is 8.01. The molecule has 0 aromatic heterocycles. The summed E-state index contributed by atoms with van der Waals surface area (Å²) in [5, 5.41) is 3.59. The largest absolute Gasteiger partial charge is 0.389 e. The quantitative estimate of drug-likeness (QED) is 0.826. The van der Waals surface area contributed by atoms with Crippen molar-refractivity contribution in [1.82, 2.24) is 0 Å². The Balaban J connectivity index is 1.87. The number of benzene rings is 1. The molecular formula is C17H23FN2S. The summed E-state index contributed by atoms with van der Waals surface area (Å²) >= 11 is 4.85. The second kappa shape index (κ2) is 4.67. The van der Waals surface area contributed by atoms with Gasteiger partial charge >= 0.3 is 0 Å². The molecule has 0 spiro atoms. The maximum absolute atomic E-state index is 14.0. The van der Waals surface area contributed by atoms with Crippen LogP contribution in [0.3, 0.4) is 0 Å². The van der Waals surface area contributed by atoms with E-state index in [2.05, 4.69) is 26.1 Å². The Kier molecular flexibility index (Phi) is 3.28. The number of rotatable bonds is 3. The second-order valence-electron chi connectivity index (χ2n) is 7.55. The standard InChI is InChI=1S/C17H23FN2S/c1-16(2)10-6-7-17(3,9-10)15(16)20-11-4-5-12(14(19)21)13(18)8-11/h4-5,8,10,15,20H,6-7,9H2,1-3H3,(H2,19,21). The fourth-order valence-electron chi connectivity index (χ4n) is 4.63. The topological polar surface area (TPSA) is 38.0 Å². The number of nitrogens with one attached hydrogen (secondary N) is 1. The number of fused-ring (bicyclic) bond motifs is 2. The molecule has 0 radical (unpaired) electrons. The van der Waals surface area contributed by atoms with Crippen LogP contribution in [0, 0.1) is 22.6 Å². The van der Waals surface area contributed by atoms with E-state index in [0.29, 0.717) is 17.0 Å². The van der Waals surface area contributed by atoms with Crippen LogP contribution >= 0.6 is 12.2 Å². The normalized spacial score (nSPS) is 33.1. The van der Waals surface area contributed by atoms with E-state index < -0.39 is 0 Å². The molecule has 21 heavy (non-hydrogen) atoms. The molecule has 3 N–H and O–H groups in total. The molecule has 0 heterocycles. The first-order valence-electron chi connectivity index (χ1n) is 7.60. The molecule has 2 saturated carbocycles. The van der Waals surface area contributed by atoms with Crippen molar-refractivity contribution in [2.75, 3.05) is 5.32 Å². The van der Waals surface area contributed by atoms with Gasteiger partial charge < -0.3 is 11.1 Å². The number of thiocarbonyl (C=S) groups is 1. The molecule has 0 saturated heterocycles. The summed E-state index contributed by atoms with van der Waals surface area (Å²) in [5.74, 6) is 0.416. The third-order valence-corrected chi connectivity index (χ3v) is 6.04. The van der Waals surface area contributed by atoms with Crippen molar-refractivity contribution in [2.45, 2.75) is 46.1 Å². The SMILES string of the molecule is CC12CCC(C1)C(C)(C)C2Nc1ccc(C(N)=S)c(F)c1. The molecule has 3 atom stereocenters. The van der Waals surface area contributed by atoms with Crippen LogP contribution in [0.25, 0.3) is 0 Å². The van der Waals surface area contributed by atoms with Gasteiger partial charge in [0.15, 0.2) is 0 Å². The smallest absolute Gasteiger partial charge is 0.135 e. The highest BCUT2D eigenvalue weighted by Gasteiger charge is 2.59. The Hall–Kier alpha value is -1.16. The zero-order valence-corrected chi connectivity index (χ0v) is 13.7. The minimum absolute atomic E-state index is 0.103. The van der Waals surface area contributed by atoms with Crippen LogP contribution in [0.2, 0.25) is 0 Å². The minimum Gasteiger partial charge on any atom is -0.389 e. The molecule has 0 aliphatic heterocycles. The van der Waals surface area contributed by atoms with E-state index in [1.165, 1.54) is 25.3 Å². The maximum atomic E-state index is 14.0. The Morgan fingerprint density at radius 2 is 2.10 bits per heavy atom. The van der Waals surface area contributed by atoms with E-state index in [1.54, 1.807) is 6.07 Å². The predicted octanol–water partition coefficient (Wildman–Crippen LogP) is 4.09. The van der Waals surface area contributed by atoms with Crippen molar-refractivity contribution in [1.29, 1.82) is 0 Å². The van der Waals surface area contributed by atoms with Crippen LogP contribution in [0.15, 0.2) is 18.2 Å². The zero-order valence-electron chi connectivity index (χ0n) is 12.9. The number of halogens is 1. The van der Waals surface area contributed by atoms with E-state index in [1.807, 2.05) is 6.07 Å². The van der Waals surface area contributed by atoms with Crippen molar-refractivity contribution in [3.05, 3.63) is 29.6 Å². The van der Waals surface area contributed by atoms with E-state index in [9.17, 15) is 4.39 Å². The Labute approximate surface area is 131 Å². The molecule has 2 nitrogen and oxygen atoms in total. The highest BCUT2D eigenvalue weighted by atomic mass is 32.1. The summed E-state index contributed by atoms with van der Waals surface area (Å²) in [5.41, 5.74) is 7.20. The lowest BCUT2D eigenvalue weighted by atomic mass is 9.68. The zero-order chi connectivity index (χ0) is 15.4. The second-order valence-corrected chi connectivity index (χ2v) is 7.99. The Morgan fingerprint density at radius 1 is 1.38 bits per heavy atom.